The quantitative estimate of drug-likeness (QED) is 0.846. The van der Waals surface area contributed by atoms with Crippen molar-refractivity contribution in [1.82, 2.24) is 5.32 Å². The molecule has 1 heterocycles. The van der Waals surface area contributed by atoms with E-state index in [1.165, 1.54) is 31.7 Å². The Hall–Kier alpha value is -0.450. The minimum atomic E-state index is -0.191. The Bertz CT molecular complexity index is 459. The third-order valence-corrected chi connectivity index (χ3v) is 4.89. The van der Waals surface area contributed by atoms with Crippen molar-refractivity contribution in [3.05, 3.63) is 34.1 Å². The summed E-state index contributed by atoms with van der Waals surface area (Å²) in [6, 6.07) is 5.20. The predicted octanol–water partition coefficient (Wildman–Crippen LogP) is 3.81. The molecule has 2 fully saturated rings. The zero-order valence-corrected chi connectivity index (χ0v) is 12.5. The summed E-state index contributed by atoms with van der Waals surface area (Å²) in [7, 11) is 0. The second-order valence-electron chi connectivity index (χ2n) is 5.80. The maximum atomic E-state index is 14.0. The molecule has 1 aliphatic carbocycles. The smallest absolute Gasteiger partial charge is 0.130 e. The van der Waals surface area contributed by atoms with E-state index in [0.717, 1.165) is 17.6 Å². The van der Waals surface area contributed by atoms with Crippen molar-refractivity contribution in [2.75, 3.05) is 19.7 Å². The number of ether oxygens (including phenoxy) is 1. The molecule has 0 aromatic heterocycles. The van der Waals surface area contributed by atoms with Crippen molar-refractivity contribution >= 4 is 15.9 Å². The Morgan fingerprint density at radius 1 is 1.32 bits per heavy atom. The molecule has 1 unspecified atom stereocenters. The first-order valence-electron chi connectivity index (χ1n) is 6.96. The van der Waals surface area contributed by atoms with E-state index < -0.39 is 0 Å². The van der Waals surface area contributed by atoms with Crippen LogP contribution in [0.25, 0.3) is 0 Å². The summed E-state index contributed by atoms with van der Waals surface area (Å²) in [5, 5.41) is 3.47. The van der Waals surface area contributed by atoms with Gasteiger partial charge in [-0.3, -0.25) is 0 Å². The lowest BCUT2D eigenvalue weighted by Crippen LogP contribution is -2.32. The first-order valence-corrected chi connectivity index (χ1v) is 7.75. The van der Waals surface area contributed by atoms with E-state index in [1.54, 1.807) is 0 Å². The molecule has 1 N–H and O–H groups in total. The number of halogens is 2. The highest BCUT2D eigenvalue weighted by Crippen LogP contribution is 2.40. The first-order chi connectivity index (χ1) is 9.19. The molecule has 2 nitrogen and oxygen atoms in total. The van der Waals surface area contributed by atoms with E-state index >= 15 is 0 Å². The van der Waals surface area contributed by atoms with Gasteiger partial charge < -0.3 is 10.1 Å². The monoisotopic (exact) mass is 327 g/mol. The van der Waals surface area contributed by atoms with E-state index in [0.29, 0.717) is 17.5 Å². The summed E-state index contributed by atoms with van der Waals surface area (Å²) in [5.74, 6) is -0.191. The average Bonchev–Trinajstić information content (AvgIpc) is 2.73. The van der Waals surface area contributed by atoms with Gasteiger partial charge in [0.05, 0.1) is 12.7 Å². The largest absolute Gasteiger partial charge is 0.371 e. The predicted molar refractivity (Wildman–Crippen MR) is 76.6 cm³/mol. The fourth-order valence-corrected chi connectivity index (χ4v) is 3.60. The van der Waals surface area contributed by atoms with Gasteiger partial charge in [0.1, 0.15) is 5.82 Å². The number of hydrogen-bond acceptors (Lipinski definition) is 2. The molecule has 1 aromatic carbocycles. The number of benzene rings is 1. The van der Waals surface area contributed by atoms with Gasteiger partial charge in [-0.15, -0.1) is 0 Å². The zero-order chi connectivity index (χ0) is 13.3. The Balaban J connectivity index is 1.75. The second-order valence-corrected chi connectivity index (χ2v) is 6.72. The second kappa shape index (κ2) is 5.51. The highest BCUT2D eigenvalue weighted by atomic mass is 79.9. The number of hydrogen-bond donors (Lipinski definition) is 1. The molecule has 0 radical (unpaired) electrons. The van der Waals surface area contributed by atoms with Gasteiger partial charge in [-0.05, 0) is 25.0 Å². The molecule has 1 spiro atoms. The van der Waals surface area contributed by atoms with Gasteiger partial charge >= 0.3 is 0 Å². The summed E-state index contributed by atoms with van der Waals surface area (Å²) in [4.78, 5) is 0. The molecule has 4 heteroatoms. The third-order valence-electron chi connectivity index (χ3n) is 4.39. The molecule has 2 aliphatic rings. The van der Waals surface area contributed by atoms with Crippen molar-refractivity contribution < 1.29 is 9.13 Å². The molecule has 1 saturated carbocycles. The van der Waals surface area contributed by atoms with Crippen LogP contribution in [0.5, 0.6) is 0 Å². The van der Waals surface area contributed by atoms with Crippen LogP contribution in [-0.2, 0) is 4.74 Å². The van der Waals surface area contributed by atoms with Crippen molar-refractivity contribution in [2.45, 2.75) is 31.8 Å². The molecule has 0 bridgehead atoms. The lowest BCUT2D eigenvalue weighted by atomic mass is 9.87. The molecule has 1 saturated heterocycles. The lowest BCUT2D eigenvalue weighted by molar-refractivity contribution is 0.0142. The van der Waals surface area contributed by atoms with Crippen LogP contribution in [0, 0.1) is 11.2 Å². The Morgan fingerprint density at radius 2 is 2.11 bits per heavy atom. The van der Waals surface area contributed by atoms with Gasteiger partial charge in [0.2, 0.25) is 0 Å². The van der Waals surface area contributed by atoms with E-state index in [2.05, 4.69) is 21.2 Å². The molecular weight excluding hydrogens is 309 g/mol. The molecule has 3 rings (SSSR count). The van der Waals surface area contributed by atoms with Crippen LogP contribution in [-0.4, -0.2) is 19.7 Å². The molecule has 1 aromatic rings. The molecule has 104 valence electrons. The molecule has 1 atom stereocenters. The van der Waals surface area contributed by atoms with Crippen LogP contribution in [0.4, 0.5) is 4.39 Å². The summed E-state index contributed by atoms with van der Waals surface area (Å²) >= 11 is 3.29. The van der Waals surface area contributed by atoms with Gasteiger partial charge in [0, 0.05) is 28.5 Å². The van der Waals surface area contributed by atoms with Gasteiger partial charge in [-0.25, -0.2) is 4.39 Å². The van der Waals surface area contributed by atoms with E-state index in [-0.39, 0.29) is 11.9 Å². The summed E-state index contributed by atoms with van der Waals surface area (Å²) in [6.45, 7) is 2.45. The van der Waals surface area contributed by atoms with Crippen molar-refractivity contribution in [1.29, 1.82) is 0 Å². The SMILES string of the molecule is Fc1cc(Br)ccc1C1CNCC2(CCCC2)CO1. The van der Waals surface area contributed by atoms with Crippen LogP contribution < -0.4 is 5.32 Å². The normalized spacial score (nSPS) is 26.5. The first kappa shape index (κ1) is 13.5. The van der Waals surface area contributed by atoms with Crippen molar-refractivity contribution in [3.8, 4) is 0 Å². The van der Waals surface area contributed by atoms with Gasteiger partial charge in [-0.1, -0.05) is 34.8 Å². The minimum absolute atomic E-state index is 0.173. The van der Waals surface area contributed by atoms with Crippen LogP contribution in [0.15, 0.2) is 22.7 Å². The molecule has 19 heavy (non-hydrogen) atoms. The Kier molecular flexibility index (Phi) is 3.92. The van der Waals surface area contributed by atoms with Gasteiger partial charge in [-0.2, -0.15) is 0 Å². The minimum Gasteiger partial charge on any atom is -0.371 e. The fourth-order valence-electron chi connectivity index (χ4n) is 3.26. The van der Waals surface area contributed by atoms with Crippen LogP contribution in [0.3, 0.4) is 0 Å². The van der Waals surface area contributed by atoms with Crippen LogP contribution in [0.1, 0.15) is 37.4 Å². The average molecular weight is 328 g/mol. The van der Waals surface area contributed by atoms with E-state index in [9.17, 15) is 4.39 Å². The van der Waals surface area contributed by atoms with E-state index in [1.807, 2.05) is 12.1 Å². The maximum Gasteiger partial charge on any atom is 0.130 e. The third kappa shape index (κ3) is 2.86. The zero-order valence-electron chi connectivity index (χ0n) is 10.9. The topological polar surface area (TPSA) is 21.3 Å². The molecular formula is C15H19BrFNO. The molecule has 1 aliphatic heterocycles. The number of rotatable bonds is 1. The Labute approximate surface area is 121 Å². The highest BCUT2D eigenvalue weighted by Gasteiger charge is 2.37. The van der Waals surface area contributed by atoms with Gasteiger partial charge in [0.15, 0.2) is 0 Å². The van der Waals surface area contributed by atoms with Crippen molar-refractivity contribution in [3.63, 3.8) is 0 Å². The van der Waals surface area contributed by atoms with Gasteiger partial charge in [0.25, 0.3) is 0 Å². The van der Waals surface area contributed by atoms with E-state index in [4.69, 9.17) is 4.74 Å². The summed E-state index contributed by atoms with van der Waals surface area (Å²) in [5.41, 5.74) is 0.950. The highest BCUT2D eigenvalue weighted by molar-refractivity contribution is 9.10. The summed E-state index contributed by atoms with van der Waals surface area (Å²) < 4.78 is 20.8. The van der Waals surface area contributed by atoms with Crippen LogP contribution >= 0.6 is 15.9 Å². The standard InChI is InChI=1S/C15H19BrFNO/c16-11-3-4-12(13(17)7-11)14-8-18-9-15(10-19-14)5-1-2-6-15/h3-4,7,14,18H,1-2,5-6,8-10H2. The van der Waals surface area contributed by atoms with Crippen LogP contribution in [0.2, 0.25) is 0 Å². The summed E-state index contributed by atoms with van der Waals surface area (Å²) in [6.07, 6.45) is 4.88. The lowest BCUT2D eigenvalue weighted by Gasteiger charge is -2.26. The Morgan fingerprint density at radius 3 is 2.84 bits per heavy atom. The maximum absolute atomic E-state index is 14.0. The number of nitrogens with one attached hydrogen (secondary N) is 1. The van der Waals surface area contributed by atoms with Crippen molar-refractivity contribution in [2.24, 2.45) is 5.41 Å². The molecule has 0 amide bonds. The fraction of sp³-hybridized carbons (Fsp3) is 0.600.